The van der Waals surface area contributed by atoms with Gasteiger partial charge in [-0.1, -0.05) is 19.9 Å². The lowest BCUT2D eigenvalue weighted by Crippen LogP contribution is -2.22. The lowest BCUT2D eigenvalue weighted by molar-refractivity contribution is -0.116. The van der Waals surface area contributed by atoms with Crippen molar-refractivity contribution in [3.63, 3.8) is 0 Å². The molecule has 0 aliphatic carbocycles. The Labute approximate surface area is 170 Å². The van der Waals surface area contributed by atoms with E-state index in [4.69, 9.17) is 4.74 Å². The highest BCUT2D eigenvalue weighted by atomic mass is 16.5. The number of anilines is 3. The van der Waals surface area contributed by atoms with Gasteiger partial charge in [0.25, 0.3) is 0 Å². The summed E-state index contributed by atoms with van der Waals surface area (Å²) in [5, 5.41) is 8.64. The number of carbonyl (C=O) groups is 3. The van der Waals surface area contributed by atoms with Crippen LogP contribution in [0.2, 0.25) is 0 Å². The molecule has 2 rings (SSSR count). The average molecular weight is 397 g/mol. The molecule has 0 fully saturated rings. The summed E-state index contributed by atoms with van der Waals surface area (Å²) in [6.45, 7) is 6.07. The minimum Gasteiger partial charge on any atom is -0.462 e. The van der Waals surface area contributed by atoms with E-state index < -0.39 is 0 Å². The number of hydrogen-bond acceptors (Lipinski definition) is 5. The van der Waals surface area contributed by atoms with Crippen molar-refractivity contribution in [2.45, 2.75) is 33.6 Å². The predicted octanol–water partition coefficient (Wildman–Crippen LogP) is 3.96. The number of esters is 1. The summed E-state index contributed by atoms with van der Waals surface area (Å²) in [6, 6.07) is 12.1. The van der Waals surface area contributed by atoms with Gasteiger partial charge in [-0.3, -0.25) is 9.59 Å². The van der Waals surface area contributed by atoms with Gasteiger partial charge in [0.2, 0.25) is 11.8 Å². The lowest BCUT2D eigenvalue weighted by atomic mass is 10.1. The van der Waals surface area contributed by atoms with E-state index in [-0.39, 0.29) is 24.3 Å². The molecule has 2 aromatic rings. The molecule has 0 saturated carbocycles. The summed E-state index contributed by atoms with van der Waals surface area (Å²) in [5.41, 5.74) is 3.41. The molecule has 0 aromatic heterocycles. The maximum Gasteiger partial charge on any atom is 0.338 e. The Morgan fingerprint density at radius 1 is 0.897 bits per heavy atom. The van der Waals surface area contributed by atoms with E-state index in [1.807, 2.05) is 26.0 Å². The Bertz CT molecular complexity index is 863. The number of aryl methyl sites for hydroxylation is 1. The molecule has 7 heteroatoms. The Hall–Kier alpha value is -3.35. The monoisotopic (exact) mass is 397 g/mol. The third kappa shape index (κ3) is 6.95. The van der Waals surface area contributed by atoms with Crippen LogP contribution in [0.4, 0.5) is 17.1 Å². The third-order valence-electron chi connectivity index (χ3n) is 4.13. The summed E-state index contributed by atoms with van der Waals surface area (Å²) in [6.07, 6.45) is 1.16. The zero-order valence-corrected chi connectivity index (χ0v) is 17.0. The first-order chi connectivity index (χ1) is 13.9. The minimum absolute atomic E-state index is 0.0600. The van der Waals surface area contributed by atoms with Crippen molar-refractivity contribution in [3.05, 3.63) is 53.6 Å². The van der Waals surface area contributed by atoms with Crippen molar-refractivity contribution in [1.29, 1.82) is 0 Å². The van der Waals surface area contributed by atoms with Crippen LogP contribution in [0.25, 0.3) is 0 Å². The fourth-order valence-corrected chi connectivity index (χ4v) is 2.46. The molecule has 0 radical (unpaired) electrons. The number of rotatable bonds is 9. The zero-order chi connectivity index (χ0) is 21.2. The fraction of sp³-hybridized carbons (Fsp3) is 0.318. The Balaban J connectivity index is 1.89. The fourth-order valence-electron chi connectivity index (χ4n) is 2.46. The van der Waals surface area contributed by atoms with Crippen LogP contribution < -0.4 is 16.0 Å². The van der Waals surface area contributed by atoms with E-state index in [9.17, 15) is 14.4 Å². The molecule has 0 atom stereocenters. The zero-order valence-electron chi connectivity index (χ0n) is 17.0. The molecule has 2 aromatic carbocycles. The first kappa shape index (κ1) is 21.9. The SMILES string of the molecule is CCCOC(=O)c1ccc(NC(=O)CNc2ccc(C)c(NC(=O)CC)c2)cc1. The highest BCUT2D eigenvalue weighted by molar-refractivity contribution is 5.95. The molecule has 0 spiro atoms. The summed E-state index contributed by atoms with van der Waals surface area (Å²) >= 11 is 0. The molecule has 0 saturated heterocycles. The van der Waals surface area contributed by atoms with Gasteiger partial charge in [0.1, 0.15) is 0 Å². The number of hydrogen-bond donors (Lipinski definition) is 3. The summed E-state index contributed by atoms with van der Waals surface area (Å²) in [4.78, 5) is 35.6. The van der Waals surface area contributed by atoms with Crippen molar-refractivity contribution >= 4 is 34.8 Å². The first-order valence-electron chi connectivity index (χ1n) is 9.64. The van der Waals surface area contributed by atoms with Crippen molar-refractivity contribution in [2.24, 2.45) is 0 Å². The molecule has 29 heavy (non-hydrogen) atoms. The average Bonchev–Trinajstić information content (AvgIpc) is 2.72. The van der Waals surface area contributed by atoms with Crippen molar-refractivity contribution in [1.82, 2.24) is 0 Å². The number of carbonyl (C=O) groups excluding carboxylic acids is 3. The predicted molar refractivity (Wildman–Crippen MR) is 114 cm³/mol. The van der Waals surface area contributed by atoms with Crippen LogP contribution in [0.3, 0.4) is 0 Å². The smallest absolute Gasteiger partial charge is 0.338 e. The Morgan fingerprint density at radius 3 is 2.24 bits per heavy atom. The number of benzene rings is 2. The molecule has 0 unspecified atom stereocenters. The number of amides is 2. The van der Waals surface area contributed by atoms with Crippen LogP contribution in [-0.4, -0.2) is 30.9 Å². The van der Waals surface area contributed by atoms with Crippen LogP contribution in [-0.2, 0) is 14.3 Å². The third-order valence-corrected chi connectivity index (χ3v) is 4.13. The largest absolute Gasteiger partial charge is 0.462 e. The lowest BCUT2D eigenvalue weighted by Gasteiger charge is -2.12. The van der Waals surface area contributed by atoms with Crippen LogP contribution in [0.5, 0.6) is 0 Å². The minimum atomic E-state index is -0.378. The van der Waals surface area contributed by atoms with E-state index in [0.717, 1.165) is 17.7 Å². The molecule has 0 bridgehead atoms. The highest BCUT2D eigenvalue weighted by Gasteiger charge is 2.08. The number of ether oxygens (including phenoxy) is 1. The van der Waals surface area contributed by atoms with Crippen LogP contribution in [0.1, 0.15) is 42.6 Å². The van der Waals surface area contributed by atoms with Crippen molar-refractivity contribution < 1.29 is 19.1 Å². The van der Waals surface area contributed by atoms with E-state index in [1.165, 1.54) is 0 Å². The highest BCUT2D eigenvalue weighted by Crippen LogP contribution is 2.20. The molecule has 2 amide bonds. The second-order valence-corrected chi connectivity index (χ2v) is 6.55. The quantitative estimate of drug-likeness (QED) is 0.557. The topological polar surface area (TPSA) is 96.5 Å². The van der Waals surface area contributed by atoms with Crippen molar-refractivity contribution in [2.75, 3.05) is 29.1 Å². The molecule has 154 valence electrons. The van der Waals surface area contributed by atoms with Crippen molar-refractivity contribution in [3.8, 4) is 0 Å². The number of nitrogens with one attached hydrogen (secondary N) is 3. The normalized spacial score (nSPS) is 10.2. The summed E-state index contributed by atoms with van der Waals surface area (Å²) in [7, 11) is 0. The van der Waals surface area contributed by atoms with Crippen LogP contribution >= 0.6 is 0 Å². The standard InChI is InChI=1S/C22H27N3O4/c1-4-12-29-22(28)16-7-10-17(11-8-16)24-21(27)14-23-18-9-6-15(3)19(13-18)25-20(26)5-2/h6-11,13,23H,4-5,12,14H2,1-3H3,(H,24,27)(H,25,26). The molecule has 0 aliphatic heterocycles. The van der Waals surface area contributed by atoms with E-state index >= 15 is 0 Å². The Kier molecular flexibility index (Phi) is 8.21. The van der Waals surface area contributed by atoms with Gasteiger partial charge in [0.15, 0.2) is 0 Å². The van der Waals surface area contributed by atoms with Crippen LogP contribution in [0.15, 0.2) is 42.5 Å². The van der Waals surface area contributed by atoms with E-state index in [0.29, 0.717) is 30.0 Å². The van der Waals surface area contributed by atoms with E-state index in [2.05, 4.69) is 16.0 Å². The molecule has 7 nitrogen and oxygen atoms in total. The molecule has 3 N–H and O–H groups in total. The summed E-state index contributed by atoms with van der Waals surface area (Å²) in [5.74, 6) is -0.673. The van der Waals surface area contributed by atoms with Gasteiger partial charge in [-0.2, -0.15) is 0 Å². The van der Waals surface area contributed by atoms with Gasteiger partial charge < -0.3 is 20.7 Å². The van der Waals surface area contributed by atoms with Gasteiger partial charge in [0, 0.05) is 23.5 Å². The summed E-state index contributed by atoms with van der Waals surface area (Å²) < 4.78 is 5.07. The van der Waals surface area contributed by atoms with Gasteiger partial charge in [0.05, 0.1) is 18.7 Å². The van der Waals surface area contributed by atoms with E-state index in [1.54, 1.807) is 37.3 Å². The molecule has 0 heterocycles. The Morgan fingerprint density at radius 2 is 1.59 bits per heavy atom. The molecular weight excluding hydrogens is 370 g/mol. The van der Waals surface area contributed by atoms with Gasteiger partial charge in [-0.25, -0.2) is 4.79 Å². The second kappa shape index (κ2) is 10.8. The molecular formula is C22H27N3O4. The van der Waals surface area contributed by atoms with Gasteiger partial charge in [-0.05, 0) is 55.3 Å². The maximum atomic E-state index is 12.2. The van der Waals surface area contributed by atoms with Crippen LogP contribution in [0, 0.1) is 6.92 Å². The van der Waals surface area contributed by atoms with Gasteiger partial charge in [-0.15, -0.1) is 0 Å². The maximum absolute atomic E-state index is 12.2. The van der Waals surface area contributed by atoms with Gasteiger partial charge >= 0.3 is 5.97 Å². The second-order valence-electron chi connectivity index (χ2n) is 6.55. The first-order valence-corrected chi connectivity index (χ1v) is 9.64. The molecule has 0 aliphatic rings.